The number of rotatable bonds is 3. The molecule has 0 radical (unpaired) electrons. The lowest BCUT2D eigenvalue weighted by molar-refractivity contribution is -0.193. The lowest BCUT2D eigenvalue weighted by atomic mass is 10.1. The molecule has 0 aliphatic rings. The first-order valence-corrected chi connectivity index (χ1v) is 8.95. The Labute approximate surface area is 196 Å². The Balaban J connectivity index is 0.000000383. The van der Waals surface area contributed by atoms with Crippen LogP contribution >= 0.6 is 0 Å². The van der Waals surface area contributed by atoms with Crippen molar-refractivity contribution >= 4 is 17.8 Å². The Bertz CT molecular complexity index is 1190. The van der Waals surface area contributed by atoms with Gasteiger partial charge in [-0.2, -0.15) is 26.3 Å². The summed E-state index contributed by atoms with van der Waals surface area (Å²) >= 11 is 0. The molecule has 0 aliphatic carbocycles. The zero-order valence-electron chi connectivity index (χ0n) is 17.4. The van der Waals surface area contributed by atoms with Crippen LogP contribution in [0.3, 0.4) is 0 Å². The summed E-state index contributed by atoms with van der Waals surface area (Å²) in [5.74, 6) is -6.44. The number of amides is 1. The predicted octanol–water partition coefficient (Wildman–Crippen LogP) is 3.71. The number of benzene rings is 1. The van der Waals surface area contributed by atoms with Gasteiger partial charge >= 0.3 is 24.3 Å². The van der Waals surface area contributed by atoms with Gasteiger partial charge < -0.3 is 15.9 Å². The van der Waals surface area contributed by atoms with E-state index >= 15 is 0 Å². The molecule has 4 N–H and O–H groups in total. The third kappa shape index (κ3) is 9.70. The standard InChI is InChI=1S/C16H11FN4O.2C2HF3O2/c17-13-5-12(6-19-7-13)15-9-20-8-14(21-15)10-1-3-11(4-2-10)16(18)22;2*3-2(4,5)1(6)7/h1-9H,(H2,18,22);2*(H,6,7). The lowest BCUT2D eigenvalue weighted by Gasteiger charge is -2.05. The van der Waals surface area contributed by atoms with Crippen LogP contribution < -0.4 is 5.73 Å². The van der Waals surface area contributed by atoms with Crippen LogP contribution in [0.5, 0.6) is 0 Å². The van der Waals surface area contributed by atoms with Crippen molar-refractivity contribution in [3.63, 3.8) is 0 Å². The number of hydrogen-bond acceptors (Lipinski definition) is 6. The van der Waals surface area contributed by atoms with Gasteiger partial charge in [0.05, 0.1) is 30.0 Å². The van der Waals surface area contributed by atoms with Crippen molar-refractivity contribution < 1.29 is 55.3 Å². The molecule has 0 bridgehead atoms. The minimum Gasteiger partial charge on any atom is -0.475 e. The van der Waals surface area contributed by atoms with Gasteiger partial charge in [0, 0.05) is 22.9 Å². The largest absolute Gasteiger partial charge is 0.490 e. The van der Waals surface area contributed by atoms with Crippen molar-refractivity contribution in [2.24, 2.45) is 5.73 Å². The van der Waals surface area contributed by atoms with Crippen LogP contribution in [0, 0.1) is 5.82 Å². The van der Waals surface area contributed by atoms with Crippen LogP contribution in [0.15, 0.2) is 55.1 Å². The number of hydrogen-bond donors (Lipinski definition) is 3. The molecule has 0 saturated carbocycles. The predicted molar refractivity (Wildman–Crippen MR) is 107 cm³/mol. The average Bonchev–Trinajstić information content (AvgIpc) is 2.79. The second kappa shape index (κ2) is 12.2. The molecule has 1 aromatic carbocycles. The Kier molecular flexibility index (Phi) is 9.95. The van der Waals surface area contributed by atoms with Gasteiger partial charge in [-0.1, -0.05) is 12.1 Å². The van der Waals surface area contributed by atoms with E-state index < -0.39 is 36.0 Å². The molecule has 3 rings (SSSR count). The lowest BCUT2D eigenvalue weighted by Crippen LogP contribution is -2.21. The Morgan fingerprint density at radius 2 is 1.14 bits per heavy atom. The molecule has 0 unspecified atom stereocenters. The van der Waals surface area contributed by atoms with Gasteiger partial charge in [0.15, 0.2) is 0 Å². The van der Waals surface area contributed by atoms with Crippen LogP contribution in [0.2, 0.25) is 0 Å². The van der Waals surface area contributed by atoms with Crippen LogP contribution in [0.1, 0.15) is 10.4 Å². The quantitative estimate of drug-likeness (QED) is 0.440. The summed E-state index contributed by atoms with van der Waals surface area (Å²) in [6, 6.07) is 8.05. The molecule has 9 nitrogen and oxygen atoms in total. The van der Waals surface area contributed by atoms with Crippen molar-refractivity contribution in [3.05, 3.63) is 66.5 Å². The first kappa shape index (κ1) is 29.4. The number of aliphatic carboxylic acids is 2. The van der Waals surface area contributed by atoms with Gasteiger partial charge in [-0.25, -0.2) is 19.0 Å². The van der Waals surface area contributed by atoms with E-state index in [1.807, 2.05) is 0 Å². The molecule has 192 valence electrons. The van der Waals surface area contributed by atoms with Gasteiger partial charge in [-0.3, -0.25) is 14.8 Å². The number of carbonyl (C=O) groups excluding carboxylic acids is 1. The monoisotopic (exact) mass is 522 g/mol. The van der Waals surface area contributed by atoms with E-state index in [9.17, 15) is 35.5 Å². The van der Waals surface area contributed by atoms with Crippen LogP contribution in [0.4, 0.5) is 30.7 Å². The number of primary amides is 1. The van der Waals surface area contributed by atoms with Gasteiger partial charge in [0.25, 0.3) is 0 Å². The summed E-state index contributed by atoms with van der Waals surface area (Å²) in [6.45, 7) is 0. The molecule has 0 atom stereocenters. The normalized spacial score (nSPS) is 10.8. The minimum atomic E-state index is -5.08. The van der Waals surface area contributed by atoms with Crippen LogP contribution in [-0.2, 0) is 9.59 Å². The molecule has 0 saturated heterocycles. The third-order valence-electron chi connectivity index (χ3n) is 3.59. The number of carboxylic acid groups (broad SMARTS) is 2. The molecule has 0 fully saturated rings. The fourth-order valence-electron chi connectivity index (χ4n) is 2.00. The summed E-state index contributed by atoms with van der Waals surface area (Å²) in [5, 5.41) is 14.2. The van der Waals surface area contributed by atoms with Crippen molar-refractivity contribution in [2.75, 3.05) is 0 Å². The number of nitrogens with two attached hydrogens (primary N) is 1. The Morgan fingerprint density at radius 3 is 1.53 bits per heavy atom. The zero-order chi connectivity index (χ0) is 27.7. The first-order chi connectivity index (χ1) is 16.5. The van der Waals surface area contributed by atoms with E-state index in [1.165, 1.54) is 18.5 Å². The molecule has 2 aromatic heterocycles. The van der Waals surface area contributed by atoms with E-state index in [0.717, 1.165) is 11.8 Å². The molecule has 16 heteroatoms. The maximum atomic E-state index is 13.2. The summed E-state index contributed by atoms with van der Waals surface area (Å²) < 4.78 is 76.7. The van der Waals surface area contributed by atoms with Gasteiger partial charge in [0.2, 0.25) is 5.91 Å². The van der Waals surface area contributed by atoms with Crippen molar-refractivity contribution in [1.82, 2.24) is 15.0 Å². The Morgan fingerprint density at radius 1 is 0.722 bits per heavy atom. The highest BCUT2D eigenvalue weighted by Gasteiger charge is 2.38. The maximum Gasteiger partial charge on any atom is 0.490 e. The van der Waals surface area contributed by atoms with E-state index in [1.54, 1.807) is 30.5 Å². The second-order valence-corrected chi connectivity index (χ2v) is 6.23. The molecule has 36 heavy (non-hydrogen) atoms. The minimum absolute atomic E-state index is 0.419. The molecule has 0 aliphatic heterocycles. The highest BCUT2D eigenvalue weighted by Crippen LogP contribution is 2.22. The highest BCUT2D eigenvalue weighted by atomic mass is 19.4. The van der Waals surface area contributed by atoms with Crippen molar-refractivity contribution in [3.8, 4) is 22.5 Å². The van der Waals surface area contributed by atoms with Gasteiger partial charge in [-0.05, 0) is 18.2 Å². The number of halogens is 7. The zero-order valence-corrected chi connectivity index (χ0v) is 17.4. The summed E-state index contributed by atoms with van der Waals surface area (Å²) in [5.41, 5.74) is 8.08. The summed E-state index contributed by atoms with van der Waals surface area (Å²) in [6.07, 6.45) is -4.39. The first-order valence-electron chi connectivity index (χ1n) is 8.95. The van der Waals surface area contributed by atoms with Gasteiger partial charge in [-0.15, -0.1) is 0 Å². The highest BCUT2D eigenvalue weighted by molar-refractivity contribution is 5.93. The van der Waals surface area contributed by atoms with E-state index in [2.05, 4.69) is 15.0 Å². The fraction of sp³-hybridized carbons (Fsp3) is 0.100. The number of carboxylic acids is 2. The maximum absolute atomic E-state index is 13.2. The molecule has 3 aromatic rings. The van der Waals surface area contributed by atoms with Crippen molar-refractivity contribution in [1.29, 1.82) is 0 Å². The fourth-order valence-corrected chi connectivity index (χ4v) is 2.00. The number of nitrogens with zero attached hydrogens (tertiary/aromatic N) is 3. The third-order valence-corrected chi connectivity index (χ3v) is 3.59. The number of alkyl halides is 6. The molecular formula is C20H13F7N4O5. The number of pyridine rings is 1. The SMILES string of the molecule is NC(=O)c1ccc(-c2cncc(-c3cncc(F)c3)n2)cc1.O=C(O)C(F)(F)F.O=C(O)C(F)(F)F. The Hall–Kier alpha value is -4.63. The summed E-state index contributed by atoms with van der Waals surface area (Å²) in [4.78, 5) is 41.2. The smallest absolute Gasteiger partial charge is 0.475 e. The number of aromatic nitrogens is 3. The van der Waals surface area contributed by atoms with Crippen molar-refractivity contribution in [2.45, 2.75) is 12.4 Å². The molecule has 1 amide bonds. The van der Waals surface area contributed by atoms with E-state index in [-0.39, 0.29) is 0 Å². The summed E-state index contributed by atoms with van der Waals surface area (Å²) in [7, 11) is 0. The molecule has 0 spiro atoms. The molecular weight excluding hydrogens is 509 g/mol. The van der Waals surface area contributed by atoms with E-state index in [0.29, 0.717) is 22.5 Å². The van der Waals surface area contributed by atoms with Crippen LogP contribution in [-0.4, -0.2) is 55.4 Å². The molecule has 2 heterocycles. The van der Waals surface area contributed by atoms with Crippen LogP contribution in [0.25, 0.3) is 22.5 Å². The number of carbonyl (C=O) groups is 3. The average molecular weight is 522 g/mol. The topological polar surface area (TPSA) is 156 Å². The second-order valence-electron chi connectivity index (χ2n) is 6.23. The van der Waals surface area contributed by atoms with Gasteiger partial charge in [0.1, 0.15) is 5.82 Å². The van der Waals surface area contributed by atoms with E-state index in [4.69, 9.17) is 25.5 Å².